The Morgan fingerprint density at radius 2 is 2.00 bits per heavy atom. The van der Waals surface area contributed by atoms with Crippen molar-refractivity contribution in [3.8, 4) is 0 Å². The first kappa shape index (κ1) is 17.9. The number of amides is 1. The van der Waals surface area contributed by atoms with Crippen molar-refractivity contribution in [2.75, 3.05) is 13.6 Å². The van der Waals surface area contributed by atoms with Crippen LogP contribution in [0.1, 0.15) is 19.4 Å². The Labute approximate surface area is 130 Å². The molecule has 0 aliphatic carbocycles. The lowest BCUT2D eigenvalue weighted by atomic mass is 9.93. The van der Waals surface area contributed by atoms with E-state index in [2.05, 4.69) is 10.0 Å². The van der Waals surface area contributed by atoms with Gasteiger partial charge in [-0.3, -0.25) is 4.79 Å². The molecule has 118 valence electrons. The van der Waals surface area contributed by atoms with Crippen LogP contribution in [-0.2, 0) is 21.4 Å². The molecule has 1 aromatic carbocycles. The smallest absolute Gasteiger partial charge is 0.242 e. The summed E-state index contributed by atoms with van der Waals surface area (Å²) in [6.45, 7) is 3.53. The van der Waals surface area contributed by atoms with Gasteiger partial charge in [0.1, 0.15) is 4.90 Å². The van der Waals surface area contributed by atoms with Crippen molar-refractivity contribution in [1.82, 2.24) is 10.0 Å². The molecule has 0 bridgehead atoms. The van der Waals surface area contributed by atoms with Gasteiger partial charge in [-0.1, -0.05) is 17.7 Å². The van der Waals surface area contributed by atoms with Gasteiger partial charge in [0.15, 0.2) is 0 Å². The maximum atomic E-state index is 12.3. The molecule has 0 saturated carbocycles. The maximum absolute atomic E-state index is 12.3. The van der Waals surface area contributed by atoms with E-state index < -0.39 is 15.4 Å². The highest BCUT2D eigenvalue weighted by Crippen LogP contribution is 2.23. The summed E-state index contributed by atoms with van der Waals surface area (Å²) in [5.41, 5.74) is 5.34. The fourth-order valence-corrected chi connectivity index (χ4v) is 3.44. The predicted molar refractivity (Wildman–Crippen MR) is 82.4 cm³/mol. The van der Waals surface area contributed by atoms with Gasteiger partial charge in [0.25, 0.3) is 0 Å². The second-order valence-electron chi connectivity index (χ2n) is 5.26. The van der Waals surface area contributed by atoms with Crippen molar-refractivity contribution in [2.24, 2.45) is 11.1 Å². The number of hydrogen-bond acceptors (Lipinski definition) is 4. The first-order valence-corrected chi connectivity index (χ1v) is 8.20. The molecule has 0 atom stereocenters. The van der Waals surface area contributed by atoms with Crippen LogP contribution in [0.3, 0.4) is 0 Å². The van der Waals surface area contributed by atoms with Crippen molar-refractivity contribution >= 4 is 27.5 Å². The molecule has 1 aromatic rings. The van der Waals surface area contributed by atoms with Gasteiger partial charge in [-0.15, -0.1) is 0 Å². The minimum atomic E-state index is -3.79. The molecule has 1 amide bonds. The van der Waals surface area contributed by atoms with Gasteiger partial charge in [0.2, 0.25) is 15.9 Å². The van der Waals surface area contributed by atoms with Crippen LogP contribution in [0.4, 0.5) is 0 Å². The van der Waals surface area contributed by atoms with Gasteiger partial charge in [-0.2, -0.15) is 0 Å². The molecule has 0 radical (unpaired) electrons. The van der Waals surface area contributed by atoms with Crippen LogP contribution in [0.25, 0.3) is 0 Å². The first-order valence-electron chi connectivity index (χ1n) is 6.34. The molecule has 4 N–H and O–H groups in total. The fraction of sp³-hybridized carbons (Fsp3) is 0.462. The summed E-state index contributed by atoms with van der Waals surface area (Å²) in [6.07, 6.45) is 0. The van der Waals surface area contributed by atoms with Crippen molar-refractivity contribution in [2.45, 2.75) is 25.3 Å². The third-order valence-corrected chi connectivity index (χ3v) is 4.95. The largest absolute Gasteiger partial charge is 0.359 e. The van der Waals surface area contributed by atoms with E-state index in [0.717, 1.165) is 5.56 Å². The zero-order valence-corrected chi connectivity index (χ0v) is 13.8. The van der Waals surface area contributed by atoms with Crippen LogP contribution in [0.2, 0.25) is 5.02 Å². The minimum absolute atomic E-state index is 0.0333. The average Bonchev–Trinajstić information content (AvgIpc) is 2.44. The van der Waals surface area contributed by atoms with Crippen LogP contribution in [0.15, 0.2) is 23.1 Å². The van der Waals surface area contributed by atoms with Gasteiger partial charge < -0.3 is 11.1 Å². The summed E-state index contributed by atoms with van der Waals surface area (Å²) in [5, 5.41) is 2.59. The quantitative estimate of drug-likeness (QED) is 0.718. The van der Waals surface area contributed by atoms with E-state index in [-0.39, 0.29) is 28.9 Å². The second kappa shape index (κ2) is 6.74. The van der Waals surface area contributed by atoms with E-state index in [1.54, 1.807) is 19.9 Å². The summed E-state index contributed by atoms with van der Waals surface area (Å²) in [5.74, 6) is -0.255. The molecule has 8 heteroatoms. The maximum Gasteiger partial charge on any atom is 0.242 e. The molecule has 0 heterocycles. The average molecular weight is 334 g/mol. The molecular weight excluding hydrogens is 314 g/mol. The van der Waals surface area contributed by atoms with Gasteiger partial charge >= 0.3 is 0 Å². The Bertz CT molecular complexity index is 630. The summed E-state index contributed by atoms with van der Waals surface area (Å²) in [6, 6.07) is 4.52. The van der Waals surface area contributed by atoms with Gasteiger partial charge in [-0.25, -0.2) is 13.1 Å². The SMILES string of the molecule is CNC(=O)C(C)(C)CNS(=O)(=O)c1ccc(CN)cc1Cl. The van der Waals surface area contributed by atoms with Crippen molar-refractivity contribution in [3.63, 3.8) is 0 Å². The van der Waals surface area contributed by atoms with E-state index in [0.29, 0.717) is 0 Å². The minimum Gasteiger partial charge on any atom is -0.359 e. The standard InChI is InChI=1S/C13H20ClN3O3S/c1-13(2,12(18)16-3)8-17-21(19,20)11-5-4-9(7-15)6-10(11)14/h4-6,17H,7-8,15H2,1-3H3,(H,16,18). The summed E-state index contributed by atoms with van der Waals surface area (Å²) < 4.78 is 26.9. The fourth-order valence-electron chi connectivity index (χ4n) is 1.66. The lowest BCUT2D eigenvalue weighted by Crippen LogP contribution is -2.43. The summed E-state index contributed by atoms with van der Waals surface area (Å²) in [4.78, 5) is 11.6. The van der Waals surface area contributed by atoms with Gasteiger partial charge in [0.05, 0.1) is 10.4 Å². The number of carbonyl (C=O) groups is 1. The molecule has 0 aromatic heterocycles. The number of rotatable bonds is 6. The van der Waals surface area contributed by atoms with Gasteiger partial charge in [0, 0.05) is 20.1 Å². The Balaban J connectivity index is 2.95. The Morgan fingerprint density at radius 3 is 2.48 bits per heavy atom. The number of nitrogens with one attached hydrogen (secondary N) is 2. The van der Waals surface area contributed by atoms with Crippen molar-refractivity contribution < 1.29 is 13.2 Å². The molecule has 0 aliphatic heterocycles. The Morgan fingerprint density at radius 1 is 1.38 bits per heavy atom. The zero-order valence-electron chi connectivity index (χ0n) is 12.2. The highest BCUT2D eigenvalue weighted by Gasteiger charge is 2.29. The number of halogens is 1. The Hall–Kier alpha value is -1.15. The molecule has 0 fully saturated rings. The number of sulfonamides is 1. The molecule has 0 saturated heterocycles. The molecule has 21 heavy (non-hydrogen) atoms. The zero-order chi connectivity index (χ0) is 16.3. The predicted octanol–water partition coefficient (Wildman–Crippen LogP) is 0.849. The molecular formula is C13H20ClN3O3S. The molecule has 0 spiro atoms. The van der Waals surface area contributed by atoms with E-state index in [1.165, 1.54) is 19.2 Å². The Kier molecular flexibility index (Phi) is 5.75. The first-order chi connectivity index (χ1) is 9.64. The van der Waals surface area contributed by atoms with Crippen molar-refractivity contribution in [1.29, 1.82) is 0 Å². The summed E-state index contributed by atoms with van der Waals surface area (Å²) in [7, 11) is -2.29. The number of carbonyl (C=O) groups excluding carboxylic acids is 1. The third-order valence-electron chi connectivity index (χ3n) is 3.07. The van der Waals surface area contributed by atoms with Crippen LogP contribution >= 0.6 is 11.6 Å². The van der Waals surface area contributed by atoms with Crippen LogP contribution < -0.4 is 15.8 Å². The molecule has 1 rings (SSSR count). The second-order valence-corrected chi connectivity index (χ2v) is 7.40. The topological polar surface area (TPSA) is 101 Å². The highest BCUT2D eigenvalue weighted by molar-refractivity contribution is 7.89. The lowest BCUT2D eigenvalue weighted by Gasteiger charge is -2.23. The van der Waals surface area contributed by atoms with E-state index in [9.17, 15) is 13.2 Å². The van der Waals surface area contributed by atoms with E-state index in [4.69, 9.17) is 17.3 Å². The molecule has 0 aliphatic rings. The van der Waals surface area contributed by atoms with Crippen LogP contribution in [0, 0.1) is 5.41 Å². The number of nitrogens with two attached hydrogens (primary N) is 1. The molecule has 0 unspecified atom stereocenters. The van der Waals surface area contributed by atoms with Crippen molar-refractivity contribution in [3.05, 3.63) is 28.8 Å². The number of hydrogen-bond donors (Lipinski definition) is 3. The number of benzene rings is 1. The summed E-state index contributed by atoms with van der Waals surface area (Å²) >= 11 is 5.98. The van der Waals surface area contributed by atoms with E-state index >= 15 is 0 Å². The normalized spacial score (nSPS) is 12.2. The van der Waals surface area contributed by atoms with Gasteiger partial charge in [-0.05, 0) is 31.5 Å². The highest BCUT2D eigenvalue weighted by atomic mass is 35.5. The third kappa shape index (κ3) is 4.41. The molecule has 6 nitrogen and oxygen atoms in total. The monoisotopic (exact) mass is 333 g/mol. The van der Waals surface area contributed by atoms with E-state index in [1.807, 2.05) is 0 Å². The van der Waals surface area contributed by atoms with Crippen LogP contribution in [-0.4, -0.2) is 27.9 Å². The lowest BCUT2D eigenvalue weighted by molar-refractivity contribution is -0.128. The van der Waals surface area contributed by atoms with Crippen LogP contribution in [0.5, 0.6) is 0 Å².